The van der Waals surface area contributed by atoms with Gasteiger partial charge in [0.25, 0.3) is 0 Å². The number of rotatable bonds is 5. The van der Waals surface area contributed by atoms with Gasteiger partial charge in [0.15, 0.2) is 0 Å². The molecular weight excluding hydrogens is 216 g/mol. The molecule has 0 aromatic carbocycles. The zero-order valence-electron chi connectivity index (χ0n) is 8.85. The molecule has 2 unspecified atom stereocenters. The highest BCUT2D eigenvalue weighted by molar-refractivity contribution is 5.85. The summed E-state index contributed by atoms with van der Waals surface area (Å²) in [7, 11) is 0. The van der Waals surface area contributed by atoms with Crippen molar-refractivity contribution in [2.24, 2.45) is 5.73 Å². The first-order valence-electron chi connectivity index (χ1n) is 5.04. The first-order chi connectivity index (χ1) is 7.59. The zero-order chi connectivity index (χ0) is 12.0. The predicted molar refractivity (Wildman–Crippen MR) is 53.8 cm³/mol. The smallest absolute Gasteiger partial charge is 0.305 e. The van der Waals surface area contributed by atoms with Crippen molar-refractivity contribution in [2.45, 2.75) is 18.6 Å². The summed E-state index contributed by atoms with van der Waals surface area (Å²) in [6, 6.07) is -1.03. The minimum absolute atomic E-state index is 0.185. The van der Waals surface area contributed by atoms with Crippen LogP contribution >= 0.6 is 0 Å². The van der Waals surface area contributed by atoms with E-state index >= 15 is 0 Å². The number of carboxylic acid groups (broad SMARTS) is 1. The number of nitrogens with two attached hydrogens (primary N) is 1. The Labute approximate surface area is 92.9 Å². The Bertz CT molecular complexity index is 252. The summed E-state index contributed by atoms with van der Waals surface area (Å²) in [5, 5.41) is 11.0. The van der Waals surface area contributed by atoms with E-state index in [1.807, 2.05) is 0 Å². The molecule has 1 fully saturated rings. The molecule has 4 N–H and O–H groups in total. The topological polar surface area (TPSA) is 111 Å². The van der Waals surface area contributed by atoms with Crippen molar-refractivity contribution in [3.63, 3.8) is 0 Å². The van der Waals surface area contributed by atoms with Crippen molar-refractivity contribution >= 4 is 11.9 Å². The van der Waals surface area contributed by atoms with Gasteiger partial charge in [0, 0.05) is 6.54 Å². The molecule has 92 valence electrons. The van der Waals surface area contributed by atoms with Crippen molar-refractivity contribution in [2.75, 3.05) is 26.4 Å². The molecular formula is C9H16N2O5. The third kappa shape index (κ3) is 4.56. The highest BCUT2D eigenvalue weighted by atomic mass is 16.6. The van der Waals surface area contributed by atoms with Gasteiger partial charge in [-0.1, -0.05) is 0 Å². The van der Waals surface area contributed by atoms with Gasteiger partial charge in [0.1, 0.15) is 0 Å². The van der Waals surface area contributed by atoms with Crippen LogP contribution in [0.3, 0.4) is 0 Å². The highest BCUT2D eigenvalue weighted by Gasteiger charge is 2.19. The lowest BCUT2D eigenvalue weighted by Crippen LogP contribution is -2.46. The van der Waals surface area contributed by atoms with Crippen LogP contribution in [-0.2, 0) is 19.1 Å². The van der Waals surface area contributed by atoms with E-state index in [1.165, 1.54) is 0 Å². The van der Waals surface area contributed by atoms with Gasteiger partial charge < -0.3 is 25.6 Å². The summed E-state index contributed by atoms with van der Waals surface area (Å²) < 4.78 is 10.4. The van der Waals surface area contributed by atoms with Crippen LogP contribution in [0.15, 0.2) is 0 Å². The number of hydrogen-bond acceptors (Lipinski definition) is 5. The Balaban J connectivity index is 2.20. The van der Waals surface area contributed by atoms with Crippen LogP contribution in [0.25, 0.3) is 0 Å². The van der Waals surface area contributed by atoms with E-state index in [4.69, 9.17) is 20.3 Å². The second-order valence-corrected chi connectivity index (χ2v) is 3.52. The number of carbonyl (C=O) groups is 2. The fourth-order valence-electron chi connectivity index (χ4n) is 1.28. The van der Waals surface area contributed by atoms with Gasteiger partial charge in [-0.15, -0.1) is 0 Å². The zero-order valence-corrected chi connectivity index (χ0v) is 8.85. The van der Waals surface area contributed by atoms with E-state index in [-0.39, 0.29) is 19.1 Å². The van der Waals surface area contributed by atoms with Gasteiger partial charge in [-0.3, -0.25) is 9.59 Å². The summed E-state index contributed by atoms with van der Waals surface area (Å²) in [6.07, 6.45) is -0.567. The fraction of sp³-hybridized carbons (Fsp3) is 0.778. The third-order valence-electron chi connectivity index (χ3n) is 2.12. The van der Waals surface area contributed by atoms with Crippen LogP contribution in [-0.4, -0.2) is 55.5 Å². The van der Waals surface area contributed by atoms with E-state index in [0.29, 0.717) is 19.8 Å². The maximum Gasteiger partial charge on any atom is 0.305 e. The van der Waals surface area contributed by atoms with Crippen LogP contribution in [0.1, 0.15) is 6.42 Å². The number of nitrogens with one attached hydrogen (secondary N) is 1. The molecule has 1 amide bonds. The van der Waals surface area contributed by atoms with Crippen molar-refractivity contribution < 1.29 is 24.2 Å². The molecule has 7 heteroatoms. The van der Waals surface area contributed by atoms with Gasteiger partial charge >= 0.3 is 5.97 Å². The molecule has 0 radical (unpaired) electrons. The van der Waals surface area contributed by atoms with Crippen LogP contribution in [0.5, 0.6) is 0 Å². The van der Waals surface area contributed by atoms with Crippen molar-refractivity contribution in [3.05, 3.63) is 0 Å². The Morgan fingerprint density at radius 3 is 2.81 bits per heavy atom. The molecule has 0 bridgehead atoms. The molecule has 1 heterocycles. The number of aliphatic carboxylic acids is 1. The highest BCUT2D eigenvalue weighted by Crippen LogP contribution is 1.99. The van der Waals surface area contributed by atoms with Gasteiger partial charge in [-0.05, 0) is 0 Å². The summed E-state index contributed by atoms with van der Waals surface area (Å²) in [6.45, 7) is 1.77. The van der Waals surface area contributed by atoms with E-state index < -0.39 is 17.9 Å². The van der Waals surface area contributed by atoms with Gasteiger partial charge in [-0.2, -0.15) is 0 Å². The average molecular weight is 232 g/mol. The van der Waals surface area contributed by atoms with Crippen molar-refractivity contribution in [1.29, 1.82) is 0 Å². The maximum atomic E-state index is 11.3. The molecule has 1 saturated heterocycles. The largest absolute Gasteiger partial charge is 0.481 e. The molecule has 2 atom stereocenters. The van der Waals surface area contributed by atoms with Crippen LogP contribution in [0, 0.1) is 0 Å². The van der Waals surface area contributed by atoms with E-state index in [0.717, 1.165) is 0 Å². The van der Waals surface area contributed by atoms with Crippen molar-refractivity contribution in [3.8, 4) is 0 Å². The lowest BCUT2D eigenvalue weighted by atomic mass is 10.2. The average Bonchev–Trinajstić information content (AvgIpc) is 2.26. The molecule has 16 heavy (non-hydrogen) atoms. The van der Waals surface area contributed by atoms with Crippen molar-refractivity contribution in [1.82, 2.24) is 5.32 Å². The molecule has 0 saturated carbocycles. The normalized spacial score (nSPS) is 22.4. The second kappa shape index (κ2) is 6.41. The second-order valence-electron chi connectivity index (χ2n) is 3.52. The summed E-state index contributed by atoms with van der Waals surface area (Å²) >= 11 is 0. The monoisotopic (exact) mass is 232 g/mol. The summed E-state index contributed by atoms with van der Waals surface area (Å²) in [5.74, 6) is -1.59. The molecule has 0 spiro atoms. The Morgan fingerprint density at radius 1 is 1.50 bits per heavy atom. The van der Waals surface area contributed by atoms with Crippen LogP contribution in [0.4, 0.5) is 0 Å². The summed E-state index contributed by atoms with van der Waals surface area (Å²) in [5.41, 5.74) is 5.37. The van der Waals surface area contributed by atoms with E-state index in [2.05, 4.69) is 5.32 Å². The first-order valence-corrected chi connectivity index (χ1v) is 5.04. The molecule has 1 aliphatic heterocycles. The minimum atomic E-state index is -1.10. The molecule has 1 rings (SSSR count). The first kappa shape index (κ1) is 12.9. The molecule has 1 aliphatic rings. The molecule has 0 aromatic rings. The lowest BCUT2D eigenvalue weighted by Gasteiger charge is -2.23. The van der Waals surface area contributed by atoms with E-state index in [1.54, 1.807) is 0 Å². The Hall–Kier alpha value is -1.18. The fourth-order valence-corrected chi connectivity index (χ4v) is 1.28. The van der Waals surface area contributed by atoms with Crippen LogP contribution < -0.4 is 11.1 Å². The summed E-state index contributed by atoms with van der Waals surface area (Å²) in [4.78, 5) is 21.6. The number of carboxylic acids is 1. The Kier molecular flexibility index (Phi) is 5.17. The molecule has 0 aliphatic carbocycles. The van der Waals surface area contributed by atoms with Gasteiger partial charge in [0.05, 0.1) is 38.4 Å². The standard InChI is InChI=1S/C9H16N2O5/c10-7(3-8(12)13)9(14)11-4-6-5-15-1-2-16-6/h6-7H,1-5,10H2,(H,11,14)(H,12,13). The maximum absolute atomic E-state index is 11.3. The number of ether oxygens (including phenoxy) is 2. The van der Waals surface area contributed by atoms with Gasteiger partial charge in [0.2, 0.25) is 5.91 Å². The van der Waals surface area contributed by atoms with Gasteiger partial charge in [-0.25, -0.2) is 0 Å². The number of hydrogen-bond donors (Lipinski definition) is 3. The molecule has 7 nitrogen and oxygen atoms in total. The SMILES string of the molecule is NC(CC(=O)O)C(=O)NCC1COCCO1. The number of carbonyl (C=O) groups excluding carboxylic acids is 1. The number of amides is 1. The van der Waals surface area contributed by atoms with Crippen LogP contribution in [0.2, 0.25) is 0 Å². The quantitative estimate of drug-likeness (QED) is 0.522. The minimum Gasteiger partial charge on any atom is -0.481 e. The third-order valence-corrected chi connectivity index (χ3v) is 2.12. The lowest BCUT2D eigenvalue weighted by molar-refractivity contribution is -0.139. The van der Waals surface area contributed by atoms with E-state index in [9.17, 15) is 9.59 Å². The predicted octanol–water partition coefficient (Wildman–Crippen LogP) is -1.68. The molecule has 0 aromatic heterocycles. The Morgan fingerprint density at radius 2 is 2.25 bits per heavy atom.